The van der Waals surface area contributed by atoms with Gasteiger partial charge in [-0.2, -0.15) is 0 Å². The van der Waals surface area contributed by atoms with E-state index in [0.717, 1.165) is 31.9 Å². The molecule has 132 valence electrons. The summed E-state index contributed by atoms with van der Waals surface area (Å²) in [5.41, 5.74) is -0.795. The van der Waals surface area contributed by atoms with Gasteiger partial charge in [0.25, 0.3) is 5.91 Å². The molecule has 0 aromatic rings. The zero-order chi connectivity index (χ0) is 16.2. The minimum Gasteiger partial charge on any atom is -0.383 e. The van der Waals surface area contributed by atoms with Gasteiger partial charge in [-0.25, -0.2) is 4.79 Å². The van der Waals surface area contributed by atoms with Crippen LogP contribution in [0.3, 0.4) is 0 Å². The molecule has 0 aliphatic carbocycles. The van der Waals surface area contributed by atoms with Crippen molar-refractivity contribution in [2.75, 3.05) is 40.4 Å². The third kappa shape index (κ3) is 4.46. The van der Waals surface area contributed by atoms with Crippen LogP contribution in [0.2, 0.25) is 0 Å². The van der Waals surface area contributed by atoms with Crippen LogP contribution >= 0.6 is 24.0 Å². The fraction of sp³-hybridized carbons (Fsp3) is 0.786. The molecule has 3 N–H and O–H groups in total. The number of amides is 3. The molecule has 0 bridgehead atoms. The molecule has 0 spiro atoms. The first-order valence-electron chi connectivity index (χ1n) is 7.59. The standard InChI is InChI=1S/C14H25N5O3.HI/c1-14(11(20)17-13(21)18-14)10-4-7-19(8-5-10)12(15-2)16-6-9-22-3;/h10H,4-9H2,1-3H3,(H,15,16)(H2,17,18,20,21);1H. The lowest BCUT2D eigenvalue weighted by Crippen LogP contribution is -2.55. The Kier molecular flexibility index (Phi) is 7.52. The molecule has 2 fully saturated rings. The first-order chi connectivity index (χ1) is 10.5. The topological polar surface area (TPSA) is 95.1 Å². The second-order valence-corrected chi connectivity index (χ2v) is 5.84. The van der Waals surface area contributed by atoms with Crippen LogP contribution in [0.5, 0.6) is 0 Å². The summed E-state index contributed by atoms with van der Waals surface area (Å²) in [7, 11) is 3.42. The second-order valence-electron chi connectivity index (χ2n) is 5.84. The molecule has 0 aromatic heterocycles. The maximum atomic E-state index is 12.0. The van der Waals surface area contributed by atoms with Gasteiger partial charge in [-0.1, -0.05) is 0 Å². The fourth-order valence-corrected chi connectivity index (χ4v) is 3.11. The quantitative estimate of drug-likeness (QED) is 0.191. The number of hydrogen-bond donors (Lipinski definition) is 3. The summed E-state index contributed by atoms with van der Waals surface area (Å²) >= 11 is 0. The summed E-state index contributed by atoms with van der Waals surface area (Å²) < 4.78 is 5.02. The number of carbonyl (C=O) groups excluding carboxylic acids is 2. The first-order valence-corrected chi connectivity index (χ1v) is 7.59. The minimum absolute atomic E-state index is 0. The van der Waals surface area contributed by atoms with Crippen LogP contribution in [0.1, 0.15) is 19.8 Å². The Morgan fingerprint density at radius 1 is 1.43 bits per heavy atom. The number of rotatable bonds is 4. The summed E-state index contributed by atoms with van der Waals surface area (Å²) in [6.45, 7) is 4.74. The van der Waals surface area contributed by atoms with Crippen LogP contribution < -0.4 is 16.0 Å². The molecule has 23 heavy (non-hydrogen) atoms. The average Bonchev–Trinajstić information content (AvgIpc) is 2.78. The minimum atomic E-state index is -0.795. The number of hydrogen-bond acceptors (Lipinski definition) is 4. The highest BCUT2D eigenvalue weighted by Gasteiger charge is 2.48. The number of imide groups is 1. The van der Waals surface area contributed by atoms with Crippen LogP contribution in [-0.4, -0.2) is 68.7 Å². The Hall–Kier alpha value is -1.10. The van der Waals surface area contributed by atoms with Crippen molar-refractivity contribution in [2.45, 2.75) is 25.3 Å². The molecule has 2 aliphatic heterocycles. The van der Waals surface area contributed by atoms with Crippen LogP contribution in [0.25, 0.3) is 0 Å². The Bertz CT molecular complexity index is 465. The smallest absolute Gasteiger partial charge is 0.322 e. The van der Waals surface area contributed by atoms with Gasteiger partial charge in [0.05, 0.1) is 6.61 Å². The lowest BCUT2D eigenvalue weighted by Gasteiger charge is -2.39. The maximum absolute atomic E-state index is 12.0. The van der Waals surface area contributed by atoms with Crippen LogP contribution in [0, 0.1) is 5.92 Å². The summed E-state index contributed by atoms with van der Waals surface area (Å²) in [5, 5.41) is 8.35. The largest absolute Gasteiger partial charge is 0.383 e. The zero-order valence-corrected chi connectivity index (χ0v) is 16.2. The van der Waals surface area contributed by atoms with Crippen LogP contribution in [-0.2, 0) is 9.53 Å². The third-order valence-electron chi connectivity index (χ3n) is 4.48. The van der Waals surface area contributed by atoms with Crippen LogP contribution in [0.4, 0.5) is 4.79 Å². The summed E-state index contributed by atoms with van der Waals surface area (Å²) in [6, 6.07) is -0.396. The van der Waals surface area contributed by atoms with Gasteiger partial charge in [0.15, 0.2) is 5.96 Å². The number of methoxy groups -OCH3 is 1. The van der Waals surface area contributed by atoms with Gasteiger partial charge in [-0.3, -0.25) is 15.1 Å². The van der Waals surface area contributed by atoms with E-state index in [0.29, 0.717) is 13.2 Å². The maximum Gasteiger partial charge on any atom is 0.322 e. The Labute approximate surface area is 153 Å². The second kappa shape index (κ2) is 8.67. The molecule has 1 unspecified atom stereocenters. The van der Waals surface area contributed by atoms with E-state index in [1.807, 2.05) is 0 Å². The van der Waals surface area contributed by atoms with Crippen molar-refractivity contribution < 1.29 is 14.3 Å². The highest BCUT2D eigenvalue weighted by atomic mass is 127. The number of carbonyl (C=O) groups is 2. The monoisotopic (exact) mass is 439 g/mol. The van der Waals surface area contributed by atoms with E-state index < -0.39 is 11.6 Å². The molecule has 8 nitrogen and oxygen atoms in total. The zero-order valence-electron chi connectivity index (χ0n) is 13.8. The number of guanidine groups is 1. The van der Waals surface area contributed by atoms with Gasteiger partial charge in [0, 0.05) is 33.8 Å². The van der Waals surface area contributed by atoms with Gasteiger partial charge in [0.1, 0.15) is 5.54 Å². The van der Waals surface area contributed by atoms with Crippen molar-refractivity contribution in [3.8, 4) is 0 Å². The van der Waals surface area contributed by atoms with Crippen molar-refractivity contribution >= 4 is 41.9 Å². The van der Waals surface area contributed by atoms with Crippen molar-refractivity contribution in [1.29, 1.82) is 0 Å². The van der Waals surface area contributed by atoms with Crippen molar-refractivity contribution in [2.24, 2.45) is 10.9 Å². The van der Waals surface area contributed by atoms with E-state index in [-0.39, 0.29) is 35.8 Å². The number of aliphatic imine (C=N–C) groups is 1. The number of likely N-dealkylation sites (tertiary alicyclic amines) is 1. The Morgan fingerprint density at radius 3 is 2.57 bits per heavy atom. The molecule has 2 aliphatic rings. The highest BCUT2D eigenvalue weighted by Crippen LogP contribution is 2.30. The van der Waals surface area contributed by atoms with Crippen molar-refractivity contribution in [1.82, 2.24) is 20.9 Å². The lowest BCUT2D eigenvalue weighted by atomic mass is 9.79. The van der Waals surface area contributed by atoms with Crippen LogP contribution in [0.15, 0.2) is 4.99 Å². The predicted molar refractivity (Wildman–Crippen MR) is 98.0 cm³/mol. The summed E-state index contributed by atoms with van der Waals surface area (Å²) in [5.74, 6) is 0.756. The number of piperidine rings is 1. The molecule has 2 rings (SSSR count). The van der Waals surface area contributed by atoms with E-state index in [1.54, 1.807) is 21.1 Å². The van der Waals surface area contributed by atoms with Crippen molar-refractivity contribution in [3.05, 3.63) is 0 Å². The first kappa shape index (κ1) is 19.9. The van der Waals surface area contributed by atoms with Gasteiger partial charge < -0.3 is 20.3 Å². The van der Waals surface area contributed by atoms with E-state index in [2.05, 4.69) is 25.8 Å². The third-order valence-corrected chi connectivity index (χ3v) is 4.48. The highest BCUT2D eigenvalue weighted by molar-refractivity contribution is 14.0. The van der Waals surface area contributed by atoms with Gasteiger partial charge in [-0.15, -0.1) is 24.0 Å². The van der Waals surface area contributed by atoms with E-state index >= 15 is 0 Å². The predicted octanol–water partition coefficient (Wildman–Crippen LogP) is 0.136. The molecule has 2 saturated heterocycles. The van der Waals surface area contributed by atoms with E-state index in [1.165, 1.54) is 0 Å². The molecule has 1 atom stereocenters. The molecule has 9 heteroatoms. The molecular formula is C14H26IN5O3. The number of ether oxygens (including phenoxy) is 1. The number of halogens is 1. The van der Waals surface area contributed by atoms with E-state index in [9.17, 15) is 9.59 Å². The molecule has 2 heterocycles. The fourth-order valence-electron chi connectivity index (χ4n) is 3.11. The van der Waals surface area contributed by atoms with Crippen molar-refractivity contribution in [3.63, 3.8) is 0 Å². The Balaban J connectivity index is 0.00000264. The lowest BCUT2D eigenvalue weighted by molar-refractivity contribution is -0.125. The molecule has 0 radical (unpaired) electrons. The number of nitrogens with zero attached hydrogens (tertiary/aromatic N) is 2. The number of urea groups is 1. The number of nitrogens with one attached hydrogen (secondary N) is 3. The van der Waals surface area contributed by atoms with Gasteiger partial charge in [-0.05, 0) is 25.7 Å². The molecular weight excluding hydrogens is 413 g/mol. The molecule has 3 amide bonds. The average molecular weight is 439 g/mol. The molecule has 0 saturated carbocycles. The van der Waals surface area contributed by atoms with Gasteiger partial charge in [0.2, 0.25) is 0 Å². The normalized spacial score (nSPS) is 25.7. The summed E-state index contributed by atoms with van der Waals surface area (Å²) in [6.07, 6.45) is 1.66. The molecule has 0 aromatic carbocycles. The van der Waals surface area contributed by atoms with Gasteiger partial charge >= 0.3 is 6.03 Å². The summed E-state index contributed by atoms with van der Waals surface area (Å²) in [4.78, 5) is 29.8. The van der Waals surface area contributed by atoms with E-state index in [4.69, 9.17) is 4.74 Å². The Morgan fingerprint density at radius 2 is 2.09 bits per heavy atom. The SMILES string of the molecule is CN=C(NCCOC)N1CCC(C2(C)NC(=O)NC2=O)CC1.I.